The molecule has 0 radical (unpaired) electrons. The van der Waals surface area contributed by atoms with Crippen molar-refractivity contribution in [3.05, 3.63) is 42.0 Å². The van der Waals surface area contributed by atoms with Crippen molar-refractivity contribution < 1.29 is 9.53 Å². The maximum atomic E-state index is 13.2. The van der Waals surface area contributed by atoms with Gasteiger partial charge in [0.2, 0.25) is 0 Å². The van der Waals surface area contributed by atoms with Crippen molar-refractivity contribution in [3.8, 4) is 0 Å². The average Bonchev–Trinajstić information content (AvgIpc) is 3.41. The lowest BCUT2D eigenvalue weighted by Gasteiger charge is -2.24. The van der Waals surface area contributed by atoms with Gasteiger partial charge < -0.3 is 9.64 Å². The van der Waals surface area contributed by atoms with E-state index in [9.17, 15) is 4.79 Å². The third-order valence-corrected chi connectivity index (χ3v) is 5.49. The van der Waals surface area contributed by atoms with Gasteiger partial charge in [0, 0.05) is 19.3 Å². The fourth-order valence-corrected chi connectivity index (χ4v) is 4.00. The van der Waals surface area contributed by atoms with E-state index in [0.29, 0.717) is 24.8 Å². The highest BCUT2D eigenvalue weighted by molar-refractivity contribution is 5.91. The van der Waals surface area contributed by atoms with E-state index in [1.54, 1.807) is 11.1 Å². The van der Waals surface area contributed by atoms with Crippen LogP contribution in [0.15, 0.2) is 30.6 Å². The number of aromatic nitrogens is 4. The largest absolute Gasteiger partial charge is 0.376 e. The van der Waals surface area contributed by atoms with Gasteiger partial charge in [-0.3, -0.25) is 9.78 Å². The summed E-state index contributed by atoms with van der Waals surface area (Å²) in [6.45, 7) is 1.79. The summed E-state index contributed by atoms with van der Waals surface area (Å²) in [4.78, 5) is 19.3. The van der Waals surface area contributed by atoms with Gasteiger partial charge in [-0.1, -0.05) is 30.5 Å². The van der Waals surface area contributed by atoms with E-state index >= 15 is 0 Å². The van der Waals surface area contributed by atoms with Gasteiger partial charge >= 0.3 is 0 Å². The van der Waals surface area contributed by atoms with Gasteiger partial charge in [0.1, 0.15) is 0 Å². The van der Waals surface area contributed by atoms with E-state index in [2.05, 4.69) is 15.3 Å². The standard InChI is InChI=1S/C20H27N5O2/c26-20(19-15-25(23-22-19)17-8-2-1-3-9-17)24(14-18-10-6-12-27-18)13-16-7-4-5-11-21-16/h4-5,7,11,15,17-18H,1-3,6,8-10,12-14H2/t18-/m0/s1. The Morgan fingerprint density at radius 1 is 1.19 bits per heavy atom. The minimum absolute atomic E-state index is 0.0889. The minimum Gasteiger partial charge on any atom is -0.376 e. The van der Waals surface area contributed by atoms with Crippen molar-refractivity contribution in [2.45, 2.75) is 63.6 Å². The normalized spacial score (nSPS) is 20.7. The lowest BCUT2D eigenvalue weighted by Crippen LogP contribution is -2.37. The second kappa shape index (κ2) is 8.61. The summed E-state index contributed by atoms with van der Waals surface area (Å²) in [6, 6.07) is 6.13. The van der Waals surface area contributed by atoms with Crippen LogP contribution in [0.5, 0.6) is 0 Å². The highest BCUT2D eigenvalue weighted by atomic mass is 16.5. The molecule has 0 aromatic carbocycles. The molecule has 1 aliphatic heterocycles. The van der Waals surface area contributed by atoms with Crippen LogP contribution in [-0.2, 0) is 11.3 Å². The molecule has 7 heteroatoms. The molecule has 3 heterocycles. The van der Waals surface area contributed by atoms with Crippen LogP contribution in [0.25, 0.3) is 0 Å². The summed E-state index contributed by atoms with van der Waals surface area (Å²) >= 11 is 0. The molecule has 0 unspecified atom stereocenters. The molecule has 1 atom stereocenters. The number of ether oxygens (including phenoxy) is 1. The Hall–Kier alpha value is -2.28. The first-order valence-electron chi connectivity index (χ1n) is 10.0. The third kappa shape index (κ3) is 4.53. The molecule has 144 valence electrons. The fourth-order valence-electron chi connectivity index (χ4n) is 4.00. The molecule has 2 aromatic heterocycles. The maximum Gasteiger partial charge on any atom is 0.276 e. The quantitative estimate of drug-likeness (QED) is 0.783. The summed E-state index contributed by atoms with van der Waals surface area (Å²) in [5, 5.41) is 8.44. The average molecular weight is 369 g/mol. The number of pyridine rings is 1. The van der Waals surface area contributed by atoms with Gasteiger partial charge in [-0.15, -0.1) is 5.10 Å². The number of carbonyl (C=O) groups is 1. The van der Waals surface area contributed by atoms with Crippen LogP contribution in [0.3, 0.4) is 0 Å². The zero-order valence-electron chi connectivity index (χ0n) is 15.7. The summed E-state index contributed by atoms with van der Waals surface area (Å²) in [5.74, 6) is -0.0989. The SMILES string of the molecule is O=C(c1cn(C2CCCCC2)nn1)N(Cc1ccccn1)C[C@@H]1CCCO1. The molecule has 1 aliphatic carbocycles. The Morgan fingerprint density at radius 2 is 2.07 bits per heavy atom. The minimum atomic E-state index is -0.0989. The first kappa shape index (κ1) is 18.1. The van der Waals surface area contributed by atoms with Crippen molar-refractivity contribution >= 4 is 5.91 Å². The van der Waals surface area contributed by atoms with Gasteiger partial charge in [0.05, 0.1) is 30.6 Å². The summed E-state index contributed by atoms with van der Waals surface area (Å²) in [6.07, 6.45) is 11.7. The zero-order valence-corrected chi connectivity index (χ0v) is 15.7. The lowest BCUT2D eigenvalue weighted by atomic mass is 9.96. The van der Waals surface area contributed by atoms with Crippen LogP contribution in [0.2, 0.25) is 0 Å². The molecule has 1 amide bonds. The highest BCUT2D eigenvalue weighted by Gasteiger charge is 2.26. The summed E-state index contributed by atoms with van der Waals surface area (Å²) < 4.78 is 7.64. The maximum absolute atomic E-state index is 13.2. The van der Waals surface area contributed by atoms with Crippen LogP contribution >= 0.6 is 0 Å². The first-order valence-corrected chi connectivity index (χ1v) is 10.0. The van der Waals surface area contributed by atoms with Crippen molar-refractivity contribution in [2.24, 2.45) is 0 Å². The van der Waals surface area contributed by atoms with Crippen molar-refractivity contribution in [3.63, 3.8) is 0 Å². The van der Waals surface area contributed by atoms with Gasteiger partial charge in [-0.05, 0) is 37.8 Å². The molecule has 2 aromatic rings. The molecular weight excluding hydrogens is 342 g/mol. The number of hydrogen-bond donors (Lipinski definition) is 0. The Morgan fingerprint density at radius 3 is 2.81 bits per heavy atom. The van der Waals surface area contributed by atoms with Gasteiger partial charge in [-0.25, -0.2) is 4.68 Å². The number of hydrogen-bond acceptors (Lipinski definition) is 5. The van der Waals surface area contributed by atoms with Crippen LogP contribution in [0.1, 0.15) is 67.2 Å². The molecule has 0 bridgehead atoms. The molecule has 27 heavy (non-hydrogen) atoms. The van der Waals surface area contributed by atoms with Crippen LogP contribution in [-0.4, -0.2) is 50.0 Å². The van der Waals surface area contributed by atoms with Crippen LogP contribution < -0.4 is 0 Å². The fraction of sp³-hybridized carbons (Fsp3) is 0.600. The first-order chi connectivity index (χ1) is 13.3. The Bertz CT molecular complexity index is 736. The zero-order chi connectivity index (χ0) is 18.5. The van der Waals surface area contributed by atoms with Crippen LogP contribution in [0.4, 0.5) is 0 Å². The highest BCUT2D eigenvalue weighted by Crippen LogP contribution is 2.27. The monoisotopic (exact) mass is 369 g/mol. The predicted octanol–water partition coefficient (Wildman–Crippen LogP) is 3.00. The van der Waals surface area contributed by atoms with Crippen molar-refractivity contribution in [1.82, 2.24) is 24.9 Å². The van der Waals surface area contributed by atoms with E-state index in [0.717, 1.165) is 38.0 Å². The third-order valence-electron chi connectivity index (χ3n) is 5.49. The number of carbonyl (C=O) groups excluding carboxylic acids is 1. The van der Waals surface area contributed by atoms with Gasteiger partial charge in [-0.2, -0.15) is 0 Å². The van der Waals surface area contributed by atoms with E-state index in [1.165, 1.54) is 19.3 Å². The van der Waals surface area contributed by atoms with Crippen LogP contribution in [0, 0.1) is 0 Å². The molecule has 1 saturated carbocycles. The van der Waals surface area contributed by atoms with Gasteiger partial charge in [0.15, 0.2) is 5.69 Å². The molecular formula is C20H27N5O2. The Balaban J connectivity index is 1.49. The molecule has 0 spiro atoms. The summed E-state index contributed by atoms with van der Waals surface area (Å²) in [7, 11) is 0. The molecule has 7 nitrogen and oxygen atoms in total. The van der Waals surface area contributed by atoms with E-state index < -0.39 is 0 Å². The molecule has 0 N–H and O–H groups in total. The topological polar surface area (TPSA) is 73.1 Å². The van der Waals surface area contributed by atoms with E-state index in [-0.39, 0.29) is 12.0 Å². The number of rotatable bonds is 6. The molecule has 2 aliphatic rings. The predicted molar refractivity (Wildman–Crippen MR) is 100 cm³/mol. The number of amides is 1. The van der Waals surface area contributed by atoms with Gasteiger partial charge in [0.25, 0.3) is 5.91 Å². The molecule has 2 fully saturated rings. The molecule has 1 saturated heterocycles. The van der Waals surface area contributed by atoms with Crippen molar-refractivity contribution in [2.75, 3.05) is 13.2 Å². The second-order valence-electron chi connectivity index (χ2n) is 7.52. The van der Waals surface area contributed by atoms with Crippen molar-refractivity contribution in [1.29, 1.82) is 0 Å². The Labute approximate surface area is 159 Å². The number of nitrogens with zero attached hydrogens (tertiary/aromatic N) is 5. The Kier molecular flexibility index (Phi) is 5.77. The van der Waals surface area contributed by atoms with E-state index in [4.69, 9.17) is 4.74 Å². The van der Waals surface area contributed by atoms with E-state index in [1.807, 2.05) is 29.1 Å². The lowest BCUT2D eigenvalue weighted by molar-refractivity contribution is 0.0500. The smallest absolute Gasteiger partial charge is 0.276 e. The summed E-state index contributed by atoms with van der Waals surface area (Å²) in [5.41, 5.74) is 1.28. The molecule has 4 rings (SSSR count). The second-order valence-corrected chi connectivity index (χ2v) is 7.52.